The van der Waals surface area contributed by atoms with E-state index in [4.69, 9.17) is 10.5 Å². The van der Waals surface area contributed by atoms with Crippen molar-refractivity contribution in [2.24, 2.45) is 0 Å². The first-order valence-electron chi connectivity index (χ1n) is 4.91. The maximum atomic E-state index is 13.4. The summed E-state index contributed by atoms with van der Waals surface area (Å²) in [5.41, 5.74) is 6.98. The number of nitrogen functional groups attached to an aromatic ring is 1. The molecule has 0 fully saturated rings. The smallest absolute Gasteiger partial charge is 0.153 e. The van der Waals surface area contributed by atoms with Crippen LogP contribution in [0, 0.1) is 12.7 Å². The highest BCUT2D eigenvalue weighted by atomic mass is 79.9. The molecule has 2 aromatic rings. The molecule has 1 aromatic heterocycles. The third kappa shape index (κ3) is 2.55. The standard InChI is InChI=1S/C12H10BrFN2O/c1-7-6-16-3-2-11(7)17-12-5-9(14)8(13)4-10(12)15/h2-6H,15H2,1H3. The number of hydrogen-bond donors (Lipinski definition) is 1. The van der Waals surface area contributed by atoms with Gasteiger partial charge in [0.2, 0.25) is 0 Å². The monoisotopic (exact) mass is 296 g/mol. The second-order valence-corrected chi connectivity index (χ2v) is 4.40. The summed E-state index contributed by atoms with van der Waals surface area (Å²) in [5, 5.41) is 0. The number of ether oxygens (including phenoxy) is 1. The molecule has 0 aliphatic rings. The summed E-state index contributed by atoms with van der Waals surface area (Å²) in [6, 6.07) is 4.43. The number of pyridine rings is 1. The normalized spacial score (nSPS) is 10.3. The quantitative estimate of drug-likeness (QED) is 0.860. The van der Waals surface area contributed by atoms with Crippen molar-refractivity contribution in [2.45, 2.75) is 6.92 Å². The van der Waals surface area contributed by atoms with Gasteiger partial charge in [0.25, 0.3) is 0 Å². The lowest BCUT2D eigenvalue weighted by atomic mass is 10.2. The molecule has 1 heterocycles. The molecule has 0 unspecified atom stereocenters. The molecule has 1 aromatic carbocycles. The number of benzene rings is 1. The van der Waals surface area contributed by atoms with Gasteiger partial charge in [-0.15, -0.1) is 0 Å². The van der Waals surface area contributed by atoms with E-state index in [1.54, 1.807) is 18.5 Å². The Morgan fingerprint density at radius 3 is 2.82 bits per heavy atom. The van der Waals surface area contributed by atoms with Gasteiger partial charge in [-0.3, -0.25) is 4.98 Å². The highest BCUT2D eigenvalue weighted by molar-refractivity contribution is 9.10. The fourth-order valence-electron chi connectivity index (χ4n) is 1.33. The molecule has 0 aliphatic heterocycles. The summed E-state index contributed by atoms with van der Waals surface area (Å²) >= 11 is 3.06. The van der Waals surface area contributed by atoms with Crippen molar-refractivity contribution < 1.29 is 9.13 Å². The lowest BCUT2D eigenvalue weighted by Gasteiger charge is -2.10. The van der Waals surface area contributed by atoms with Crippen molar-refractivity contribution in [2.75, 3.05) is 5.73 Å². The van der Waals surface area contributed by atoms with Gasteiger partial charge in [0, 0.05) is 24.0 Å². The molecule has 17 heavy (non-hydrogen) atoms. The first kappa shape index (κ1) is 11.9. The fraction of sp³-hybridized carbons (Fsp3) is 0.0833. The van der Waals surface area contributed by atoms with E-state index in [9.17, 15) is 4.39 Å². The van der Waals surface area contributed by atoms with Crippen LogP contribution in [-0.4, -0.2) is 4.98 Å². The number of nitrogens with two attached hydrogens (primary N) is 1. The number of anilines is 1. The predicted octanol–water partition coefficient (Wildman–Crippen LogP) is 3.67. The molecule has 2 N–H and O–H groups in total. The molecule has 0 radical (unpaired) electrons. The fourth-order valence-corrected chi connectivity index (χ4v) is 1.69. The van der Waals surface area contributed by atoms with Gasteiger partial charge < -0.3 is 10.5 Å². The van der Waals surface area contributed by atoms with E-state index >= 15 is 0 Å². The van der Waals surface area contributed by atoms with Crippen molar-refractivity contribution in [1.29, 1.82) is 0 Å². The van der Waals surface area contributed by atoms with Crippen LogP contribution in [-0.2, 0) is 0 Å². The predicted molar refractivity (Wildman–Crippen MR) is 67.6 cm³/mol. The average molecular weight is 297 g/mol. The summed E-state index contributed by atoms with van der Waals surface area (Å²) in [7, 11) is 0. The van der Waals surface area contributed by atoms with Crippen LogP contribution >= 0.6 is 15.9 Å². The molecule has 0 saturated heterocycles. The van der Waals surface area contributed by atoms with Crippen molar-refractivity contribution in [3.63, 3.8) is 0 Å². The molecule has 2 rings (SSSR count). The topological polar surface area (TPSA) is 48.1 Å². The van der Waals surface area contributed by atoms with Crippen LogP contribution in [0.5, 0.6) is 11.5 Å². The number of aromatic nitrogens is 1. The summed E-state index contributed by atoms with van der Waals surface area (Å²) in [6.45, 7) is 1.85. The summed E-state index contributed by atoms with van der Waals surface area (Å²) in [5.74, 6) is 0.481. The van der Waals surface area contributed by atoms with E-state index in [-0.39, 0.29) is 0 Å². The van der Waals surface area contributed by atoms with Crippen molar-refractivity contribution >= 4 is 21.6 Å². The molecular weight excluding hydrogens is 287 g/mol. The van der Waals surface area contributed by atoms with Crippen LogP contribution in [0.1, 0.15) is 5.56 Å². The van der Waals surface area contributed by atoms with Crippen LogP contribution in [0.25, 0.3) is 0 Å². The SMILES string of the molecule is Cc1cnccc1Oc1cc(F)c(Br)cc1N. The minimum atomic E-state index is -0.416. The number of nitrogens with zero attached hydrogens (tertiary/aromatic N) is 1. The minimum absolute atomic E-state index is 0.292. The van der Waals surface area contributed by atoms with E-state index in [0.29, 0.717) is 21.7 Å². The minimum Gasteiger partial charge on any atom is -0.455 e. The number of hydrogen-bond acceptors (Lipinski definition) is 3. The van der Waals surface area contributed by atoms with Gasteiger partial charge >= 0.3 is 0 Å². The van der Waals surface area contributed by atoms with E-state index in [2.05, 4.69) is 20.9 Å². The van der Waals surface area contributed by atoms with Gasteiger partial charge in [-0.25, -0.2) is 4.39 Å². The summed E-state index contributed by atoms with van der Waals surface area (Å²) in [6.07, 6.45) is 3.27. The van der Waals surface area contributed by atoms with E-state index in [0.717, 1.165) is 5.56 Å². The average Bonchev–Trinajstić information content (AvgIpc) is 2.29. The second kappa shape index (κ2) is 4.71. The van der Waals surface area contributed by atoms with Crippen LogP contribution < -0.4 is 10.5 Å². The number of halogens is 2. The Morgan fingerprint density at radius 1 is 1.35 bits per heavy atom. The lowest BCUT2D eigenvalue weighted by molar-refractivity contribution is 0.474. The molecule has 0 saturated carbocycles. The zero-order valence-corrected chi connectivity index (χ0v) is 10.7. The van der Waals surface area contributed by atoms with Crippen LogP contribution in [0.2, 0.25) is 0 Å². The molecule has 5 heteroatoms. The van der Waals surface area contributed by atoms with Gasteiger partial charge in [-0.2, -0.15) is 0 Å². The molecule has 0 spiro atoms. The van der Waals surface area contributed by atoms with Crippen LogP contribution in [0.15, 0.2) is 35.1 Å². The lowest BCUT2D eigenvalue weighted by Crippen LogP contribution is -1.95. The Morgan fingerprint density at radius 2 is 2.12 bits per heavy atom. The largest absolute Gasteiger partial charge is 0.455 e. The maximum Gasteiger partial charge on any atom is 0.153 e. The van der Waals surface area contributed by atoms with Crippen molar-refractivity contribution in [3.05, 3.63) is 46.4 Å². The molecule has 0 aliphatic carbocycles. The van der Waals surface area contributed by atoms with Gasteiger partial charge in [0.1, 0.15) is 11.6 Å². The van der Waals surface area contributed by atoms with Crippen LogP contribution in [0.4, 0.5) is 10.1 Å². The van der Waals surface area contributed by atoms with Gasteiger partial charge in [0.15, 0.2) is 5.75 Å². The maximum absolute atomic E-state index is 13.4. The Kier molecular flexibility index (Phi) is 3.28. The number of aryl methyl sites for hydroxylation is 1. The van der Waals surface area contributed by atoms with Crippen LogP contribution in [0.3, 0.4) is 0 Å². The Balaban J connectivity index is 2.37. The first-order chi connectivity index (χ1) is 8.08. The first-order valence-corrected chi connectivity index (χ1v) is 5.70. The van der Waals surface area contributed by atoms with Gasteiger partial charge in [0.05, 0.1) is 10.2 Å². The molecule has 3 nitrogen and oxygen atoms in total. The van der Waals surface area contributed by atoms with E-state index in [1.807, 2.05) is 6.92 Å². The molecule has 0 amide bonds. The zero-order chi connectivity index (χ0) is 12.4. The third-order valence-electron chi connectivity index (χ3n) is 2.24. The summed E-state index contributed by atoms with van der Waals surface area (Å²) in [4.78, 5) is 3.95. The van der Waals surface area contributed by atoms with E-state index < -0.39 is 5.82 Å². The Labute approximate surface area is 107 Å². The summed E-state index contributed by atoms with van der Waals surface area (Å²) < 4.78 is 19.2. The molecular formula is C12H10BrFN2O. The third-order valence-corrected chi connectivity index (χ3v) is 2.85. The number of rotatable bonds is 2. The highest BCUT2D eigenvalue weighted by Gasteiger charge is 2.09. The molecule has 0 bridgehead atoms. The zero-order valence-electron chi connectivity index (χ0n) is 9.08. The Bertz CT molecular complexity index is 560. The van der Waals surface area contributed by atoms with Crippen molar-refractivity contribution in [3.8, 4) is 11.5 Å². The second-order valence-electron chi connectivity index (χ2n) is 3.55. The van der Waals surface area contributed by atoms with Crippen molar-refractivity contribution in [1.82, 2.24) is 4.98 Å². The van der Waals surface area contributed by atoms with Gasteiger partial charge in [-0.1, -0.05) is 0 Å². The molecule has 88 valence electrons. The molecule has 0 atom stereocenters. The van der Waals surface area contributed by atoms with E-state index in [1.165, 1.54) is 12.1 Å². The highest BCUT2D eigenvalue weighted by Crippen LogP contribution is 2.32. The van der Waals surface area contributed by atoms with Gasteiger partial charge in [-0.05, 0) is 35.0 Å². The Hall–Kier alpha value is -1.62.